The molecule has 2 amide bonds. The van der Waals surface area contributed by atoms with E-state index in [-0.39, 0.29) is 30.2 Å². The van der Waals surface area contributed by atoms with E-state index >= 15 is 0 Å². The van der Waals surface area contributed by atoms with Crippen LogP contribution in [0.2, 0.25) is 10.0 Å². The van der Waals surface area contributed by atoms with E-state index in [1.165, 1.54) is 17.5 Å². The Labute approximate surface area is 211 Å². The zero-order valence-corrected chi connectivity index (χ0v) is 21.6. The average Bonchev–Trinajstić information content (AvgIpc) is 2.80. The number of benzene rings is 2. The van der Waals surface area contributed by atoms with Gasteiger partial charge in [-0.15, -0.1) is 11.8 Å². The van der Waals surface area contributed by atoms with Crippen molar-refractivity contribution in [2.45, 2.75) is 70.3 Å². The topological polar surface area (TPSA) is 49.4 Å². The second kappa shape index (κ2) is 12.7. The number of nitrogens with zero attached hydrogens (tertiary/aromatic N) is 1. The highest BCUT2D eigenvalue weighted by molar-refractivity contribution is 7.99. The summed E-state index contributed by atoms with van der Waals surface area (Å²) in [4.78, 5) is 28.0. The van der Waals surface area contributed by atoms with E-state index in [1.807, 2.05) is 0 Å². The highest BCUT2D eigenvalue weighted by atomic mass is 35.5. The van der Waals surface area contributed by atoms with Gasteiger partial charge >= 0.3 is 0 Å². The first kappa shape index (κ1) is 25.9. The number of halogens is 2. The lowest BCUT2D eigenvalue weighted by atomic mass is 9.95. The van der Waals surface area contributed by atoms with Crippen LogP contribution in [0.5, 0.6) is 0 Å². The minimum absolute atomic E-state index is 0.102. The van der Waals surface area contributed by atoms with Gasteiger partial charge in [0.15, 0.2) is 0 Å². The van der Waals surface area contributed by atoms with Crippen molar-refractivity contribution in [2.24, 2.45) is 0 Å². The average molecular weight is 508 g/mol. The molecule has 1 aliphatic carbocycles. The van der Waals surface area contributed by atoms with Crippen LogP contribution in [-0.2, 0) is 21.9 Å². The highest BCUT2D eigenvalue weighted by Gasteiger charge is 2.29. The van der Waals surface area contributed by atoms with Gasteiger partial charge in [-0.2, -0.15) is 0 Å². The number of nitrogens with one attached hydrogen (secondary N) is 1. The quantitative estimate of drug-likeness (QED) is 0.427. The van der Waals surface area contributed by atoms with E-state index < -0.39 is 6.04 Å². The molecule has 1 fully saturated rings. The zero-order chi connectivity index (χ0) is 23.8. The van der Waals surface area contributed by atoms with Crippen LogP contribution in [0.15, 0.2) is 42.5 Å². The van der Waals surface area contributed by atoms with Gasteiger partial charge in [0.25, 0.3) is 0 Å². The van der Waals surface area contributed by atoms with Gasteiger partial charge in [-0.25, -0.2) is 0 Å². The number of hydrogen-bond acceptors (Lipinski definition) is 3. The second-order valence-corrected chi connectivity index (χ2v) is 10.5. The van der Waals surface area contributed by atoms with Crippen molar-refractivity contribution in [3.05, 3.63) is 69.2 Å². The van der Waals surface area contributed by atoms with E-state index in [1.54, 1.807) is 41.8 Å². The van der Waals surface area contributed by atoms with E-state index in [0.29, 0.717) is 15.6 Å². The maximum atomic E-state index is 13.3. The Hall–Kier alpha value is -1.69. The molecule has 33 heavy (non-hydrogen) atoms. The fourth-order valence-corrected chi connectivity index (χ4v) is 5.42. The monoisotopic (exact) mass is 506 g/mol. The summed E-state index contributed by atoms with van der Waals surface area (Å²) in [6.45, 7) is 4.03. The lowest BCUT2D eigenvalue weighted by Gasteiger charge is -2.31. The van der Waals surface area contributed by atoms with Gasteiger partial charge in [-0.1, -0.05) is 78.4 Å². The molecule has 1 saturated carbocycles. The number of carbonyl (C=O) groups excluding carboxylic acids is 2. The predicted octanol–water partition coefficient (Wildman–Crippen LogP) is 6.40. The summed E-state index contributed by atoms with van der Waals surface area (Å²) in [6.07, 6.45) is 5.47. The van der Waals surface area contributed by atoms with Gasteiger partial charge in [0, 0.05) is 33.9 Å². The summed E-state index contributed by atoms with van der Waals surface area (Å²) in [5, 5.41) is 4.14. The lowest BCUT2D eigenvalue weighted by molar-refractivity contribution is -0.139. The van der Waals surface area contributed by atoms with Crippen LogP contribution in [0.3, 0.4) is 0 Å². The van der Waals surface area contributed by atoms with Gasteiger partial charge in [0.2, 0.25) is 11.8 Å². The van der Waals surface area contributed by atoms with Gasteiger partial charge in [-0.05, 0) is 44.4 Å². The van der Waals surface area contributed by atoms with Crippen LogP contribution in [0.1, 0.15) is 55.7 Å². The molecule has 0 bridgehead atoms. The first-order valence-corrected chi connectivity index (χ1v) is 13.4. The molecule has 1 N–H and O–H groups in total. The Morgan fingerprint density at radius 2 is 1.70 bits per heavy atom. The molecule has 1 aliphatic rings. The third-order valence-electron chi connectivity index (χ3n) is 6.12. The summed E-state index contributed by atoms with van der Waals surface area (Å²) in [7, 11) is 0. The number of thioether (sulfide) groups is 1. The summed E-state index contributed by atoms with van der Waals surface area (Å²) in [5.74, 6) is 0.781. The normalized spacial score (nSPS) is 15.2. The molecule has 0 heterocycles. The number of carbonyl (C=O) groups is 2. The van der Waals surface area contributed by atoms with Crippen molar-refractivity contribution in [1.82, 2.24) is 10.2 Å². The van der Waals surface area contributed by atoms with E-state index in [9.17, 15) is 9.59 Å². The maximum Gasteiger partial charge on any atom is 0.242 e. The third kappa shape index (κ3) is 7.66. The van der Waals surface area contributed by atoms with E-state index in [4.69, 9.17) is 23.2 Å². The fourth-order valence-electron chi connectivity index (χ4n) is 4.03. The molecule has 0 spiro atoms. The van der Waals surface area contributed by atoms with Crippen LogP contribution in [0, 0.1) is 6.92 Å². The molecular formula is C26H32Cl2N2O2S. The van der Waals surface area contributed by atoms with Crippen molar-refractivity contribution in [3.8, 4) is 0 Å². The Morgan fingerprint density at radius 3 is 2.33 bits per heavy atom. The number of aryl methyl sites for hydroxylation is 1. The summed E-state index contributed by atoms with van der Waals surface area (Å²) in [5.41, 5.74) is 3.04. The first-order chi connectivity index (χ1) is 15.8. The summed E-state index contributed by atoms with van der Waals surface area (Å²) < 4.78 is 0. The number of hydrogen-bond donors (Lipinski definition) is 1. The Kier molecular flexibility index (Phi) is 9.96. The smallest absolute Gasteiger partial charge is 0.242 e. The third-order valence-corrected chi connectivity index (χ3v) is 7.82. The molecule has 3 rings (SSSR count). The molecule has 0 radical (unpaired) electrons. The van der Waals surface area contributed by atoms with E-state index in [0.717, 1.165) is 31.4 Å². The van der Waals surface area contributed by atoms with Crippen LogP contribution < -0.4 is 5.32 Å². The number of amides is 2. The van der Waals surface area contributed by atoms with Crippen LogP contribution >= 0.6 is 35.0 Å². The van der Waals surface area contributed by atoms with Crippen LogP contribution in [0.4, 0.5) is 0 Å². The second-order valence-electron chi connectivity index (χ2n) is 8.72. The van der Waals surface area contributed by atoms with Crippen LogP contribution in [-0.4, -0.2) is 34.6 Å². The first-order valence-electron chi connectivity index (χ1n) is 11.5. The molecule has 2 aromatic carbocycles. The minimum Gasteiger partial charge on any atom is -0.352 e. The lowest BCUT2D eigenvalue weighted by Crippen LogP contribution is -2.50. The van der Waals surface area contributed by atoms with Gasteiger partial charge in [0.1, 0.15) is 6.04 Å². The molecule has 178 valence electrons. The predicted molar refractivity (Wildman–Crippen MR) is 139 cm³/mol. The van der Waals surface area contributed by atoms with Crippen LogP contribution in [0.25, 0.3) is 0 Å². The van der Waals surface area contributed by atoms with Crippen molar-refractivity contribution < 1.29 is 9.59 Å². The van der Waals surface area contributed by atoms with Gasteiger partial charge in [0.05, 0.1) is 5.75 Å². The molecule has 1 atom stereocenters. The molecule has 0 aliphatic heterocycles. The summed E-state index contributed by atoms with van der Waals surface area (Å²) in [6, 6.07) is 13.1. The Morgan fingerprint density at radius 1 is 1.06 bits per heavy atom. The van der Waals surface area contributed by atoms with Crippen molar-refractivity contribution in [2.75, 3.05) is 5.75 Å². The SMILES string of the molecule is Cc1ccc(CSCC(=O)N(Cc2c(Cl)cccc2Cl)C(C)C(=O)NC2CCCCC2)cc1. The molecule has 1 unspecified atom stereocenters. The summed E-state index contributed by atoms with van der Waals surface area (Å²) >= 11 is 14.3. The molecule has 4 nitrogen and oxygen atoms in total. The zero-order valence-electron chi connectivity index (χ0n) is 19.3. The Bertz CT molecular complexity index is 926. The molecule has 0 saturated heterocycles. The minimum atomic E-state index is -0.619. The van der Waals surface area contributed by atoms with Crippen molar-refractivity contribution in [3.63, 3.8) is 0 Å². The highest BCUT2D eigenvalue weighted by Crippen LogP contribution is 2.27. The van der Waals surface area contributed by atoms with Gasteiger partial charge < -0.3 is 10.2 Å². The fraction of sp³-hybridized carbons (Fsp3) is 0.462. The van der Waals surface area contributed by atoms with Gasteiger partial charge in [-0.3, -0.25) is 9.59 Å². The van der Waals surface area contributed by atoms with E-state index in [2.05, 4.69) is 36.5 Å². The largest absolute Gasteiger partial charge is 0.352 e. The molecule has 2 aromatic rings. The molecule has 0 aromatic heterocycles. The maximum absolute atomic E-state index is 13.3. The standard InChI is InChI=1S/C26H32Cl2N2O2S/c1-18-11-13-20(14-12-18)16-33-17-25(31)30(15-22-23(27)9-6-10-24(22)28)19(2)26(32)29-21-7-4-3-5-8-21/h6,9-14,19,21H,3-5,7-8,15-17H2,1-2H3,(H,29,32). The van der Waals surface area contributed by atoms with Crippen molar-refractivity contribution >= 4 is 46.8 Å². The molecular weight excluding hydrogens is 475 g/mol. The van der Waals surface area contributed by atoms with Crippen molar-refractivity contribution in [1.29, 1.82) is 0 Å². The number of rotatable bonds is 9. The molecule has 7 heteroatoms. The Balaban J connectivity index is 1.69.